The fourth-order valence-corrected chi connectivity index (χ4v) is 1.85. The SMILES string of the molecule is CCOC(CCCOC(=O)N(C)c1ccccc1)OCC. The van der Waals surface area contributed by atoms with Crippen molar-refractivity contribution in [3.63, 3.8) is 0 Å². The van der Waals surface area contributed by atoms with Gasteiger partial charge in [0.1, 0.15) is 0 Å². The highest BCUT2D eigenvalue weighted by Gasteiger charge is 2.12. The number of amides is 1. The Labute approximate surface area is 126 Å². The van der Waals surface area contributed by atoms with Crippen LogP contribution in [0.2, 0.25) is 0 Å². The number of rotatable bonds is 9. The third-order valence-corrected chi connectivity index (χ3v) is 2.93. The van der Waals surface area contributed by atoms with Crippen molar-refractivity contribution in [2.24, 2.45) is 0 Å². The lowest BCUT2D eigenvalue weighted by atomic mass is 10.3. The molecule has 0 fully saturated rings. The zero-order valence-electron chi connectivity index (χ0n) is 13.1. The van der Waals surface area contributed by atoms with Gasteiger partial charge in [-0.2, -0.15) is 0 Å². The summed E-state index contributed by atoms with van der Waals surface area (Å²) in [4.78, 5) is 13.4. The van der Waals surface area contributed by atoms with Crippen LogP contribution in [-0.2, 0) is 14.2 Å². The molecule has 1 rings (SSSR count). The summed E-state index contributed by atoms with van der Waals surface area (Å²) in [5.41, 5.74) is 0.809. The zero-order chi connectivity index (χ0) is 15.5. The number of benzene rings is 1. The van der Waals surface area contributed by atoms with Crippen molar-refractivity contribution in [3.8, 4) is 0 Å². The van der Waals surface area contributed by atoms with E-state index in [1.54, 1.807) is 7.05 Å². The van der Waals surface area contributed by atoms with Crippen molar-refractivity contribution < 1.29 is 19.0 Å². The minimum absolute atomic E-state index is 0.217. The lowest BCUT2D eigenvalue weighted by Gasteiger charge is -2.18. The van der Waals surface area contributed by atoms with Gasteiger partial charge in [-0.05, 0) is 32.4 Å². The van der Waals surface area contributed by atoms with Gasteiger partial charge in [0.2, 0.25) is 0 Å². The van der Waals surface area contributed by atoms with Crippen molar-refractivity contribution in [1.82, 2.24) is 0 Å². The molecule has 0 radical (unpaired) electrons. The first-order chi connectivity index (χ1) is 10.2. The Balaban J connectivity index is 2.27. The molecular weight excluding hydrogens is 270 g/mol. The quantitative estimate of drug-likeness (QED) is 0.517. The third kappa shape index (κ3) is 6.60. The van der Waals surface area contributed by atoms with Gasteiger partial charge in [-0.3, -0.25) is 4.90 Å². The van der Waals surface area contributed by atoms with Crippen LogP contribution in [0.4, 0.5) is 10.5 Å². The Hall–Kier alpha value is -1.59. The lowest BCUT2D eigenvalue weighted by Crippen LogP contribution is -2.27. The monoisotopic (exact) mass is 295 g/mol. The third-order valence-electron chi connectivity index (χ3n) is 2.93. The number of hydrogen-bond donors (Lipinski definition) is 0. The van der Waals surface area contributed by atoms with Gasteiger partial charge in [-0.15, -0.1) is 0 Å². The number of anilines is 1. The summed E-state index contributed by atoms with van der Waals surface area (Å²) in [7, 11) is 1.70. The molecule has 0 aromatic heterocycles. The number of ether oxygens (including phenoxy) is 3. The summed E-state index contributed by atoms with van der Waals surface area (Å²) in [6.45, 7) is 5.44. The topological polar surface area (TPSA) is 48.0 Å². The van der Waals surface area contributed by atoms with Gasteiger partial charge in [-0.1, -0.05) is 18.2 Å². The first-order valence-electron chi connectivity index (χ1n) is 7.37. The van der Waals surface area contributed by atoms with Crippen LogP contribution in [-0.4, -0.2) is 39.3 Å². The van der Waals surface area contributed by atoms with Crippen molar-refractivity contribution in [1.29, 1.82) is 0 Å². The molecule has 1 aromatic rings. The first kappa shape index (κ1) is 17.5. The van der Waals surface area contributed by atoms with Crippen LogP contribution in [0.3, 0.4) is 0 Å². The van der Waals surface area contributed by atoms with Crippen molar-refractivity contribution in [2.45, 2.75) is 33.0 Å². The molecule has 0 aliphatic heterocycles. The van der Waals surface area contributed by atoms with Gasteiger partial charge in [0.25, 0.3) is 0 Å². The van der Waals surface area contributed by atoms with Crippen LogP contribution in [0.1, 0.15) is 26.7 Å². The molecule has 21 heavy (non-hydrogen) atoms. The minimum Gasteiger partial charge on any atom is -0.449 e. The molecule has 0 unspecified atom stereocenters. The van der Waals surface area contributed by atoms with Gasteiger partial charge in [0.05, 0.1) is 6.61 Å². The van der Waals surface area contributed by atoms with Crippen LogP contribution < -0.4 is 4.90 Å². The lowest BCUT2D eigenvalue weighted by molar-refractivity contribution is -0.141. The highest BCUT2D eigenvalue weighted by Crippen LogP contribution is 2.12. The molecule has 0 saturated heterocycles. The molecule has 0 spiro atoms. The molecule has 5 nitrogen and oxygen atoms in total. The highest BCUT2D eigenvalue weighted by molar-refractivity contribution is 5.86. The van der Waals surface area contributed by atoms with E-state index in [-0.39, 0.29) is 12.4 Å². The second-order valence-corrected chi connectivity index (χ2v) is 4.49. The normalized spacial score (nSPS) is 10.7. The first-order valence-corrected chi connectivity index (χ1v) is 7.37. The van der Waals surface area contributed by atoms with Gasteiger partial charge in [0, 0.05) is 32.4 Å². The standard InChI is InChI=1S/C16H25NO4/c1-4-19-15(20-5-2)12-9-13-21-16(18)17(3)14-10-7-6-8-11-14/h6-8,10-11,15H,4-5,9,12-13H2,1-3H3. The Morgan fingerprint density at radius 3 is 2.33 bits per heavy atom. The van der Waals surface area contributed by atoms with Crippen molar-refractivity contribution in [2.75, 3.05) is 31.8 Å². The summed E-state index contributed by atoms with van der Waals surface area (Å²) >= 11 is 0. The molecule has 0 heterocycles. The maximum Gasteiger partial charge on any atom is 0.414 e. The maximum absolute atomic E-state index is 11.9. The summed E-state index contributed by atoms with van der Waals surface area (Å²) in [5, 5.41) is 0. The minimum atomic E-state index is -0.356. The Morgan fingerprint density at radius 2 is 1.76 bits per heavy atom. The average molecular weight is 295 g/mol. The highest BCUT2D eigenvalue weighted by atomic mass is 16.7. The predicted molar refractivity (Wildman–Crippen MR) is 82.5 cm³/mol. The fourth-order valence-electron chi connectivity index (χ4n) is 1.85. The number of hydrogen-bond acceptors (Lipinski definition) is 4. The van der Waals surface area contributed by atoms with Crippen LogP contribution in [0.15, 0.2) is 30.3 Å². The van der Waals surface area contributed by atoms with Crippen LogP contribution in [0.25, 0.3) is 0 Å². The molecule has 0 bridgehead atoms. The largest absolute Gasteiger partial charge is 0.449 e. The van der Waals surface area contributed by atoms with E-state index in [9.17, 15) is 4.79 Å². The zero-order valence-corrected chi connectivity index (χ0v) is 13.1. The van der Waals surface area contributed by atoms with E-state index in [1.807, 2.05) is 44.2 Å². The van der Waals surface area contributed by atoms with E-state index in [2.05, 4.69) is 0 Å². The molecule has 0 saturated carbocycles. The molecule has 0 aliphatic rings. The second kappa shape index (κ2) is 10.2. The van der Waals surface area contributed by atoms with Gasteiger partial charge >= 0.3 is 6.09 Å². The second-order valence-electron chi connectivity index (χ2n) is 4.49. The molecule has 5 heteroatoms. The summed E-state index contributed by atoms with van der Waals surface area (Å²) in [5.74, 6) is 0. The Bertz CT molecular complexity index is 391. The van der Waals surface area contributed by atoms with Crippen molar-refractivity contribution in [3.05, 3.63) is 30.3 Å². The molecule has 118 valence electrons. The van der Waals surface area contributed by atoms with E-state index in [0.29, 0.717) is 32.7 Å². The molecule has 0 aliphatic carbocycles. The summed E-state index contributed by atoms with van der Waals surface area (Å²) < 4.78 is 16.1. The molecular formula is C16H25NO4. The average Bonchev–Trinajstić information content (AvgIpc) is 2.51. The molecule has 1 aromatic carbocycles. The van der Waals surface area contributed by atoms with E-state index < -0.39 is 0 Å². The van der Waals surface area contributed by atoms with Gasteiger partial charge in [0.15, 0.2) is 6.29 Å². The smallest absolute Gasteiger partial charge is 0.414 e. The summed E-state index contributed by atoms with van der Waals surface area (Å²) in [6.07, 6.45) is 0.847. The van der Waals surface area contributed by atoms with E-state index in [0.717, 1.165) is 5.69 Å². The van der Waals surface area contributed by atoms with Gasteiger partial charge in [-0.25, -0.2) is 4.79 Å². The number of para-hydroxylation sites is 1. The number of carbonyl (C=O) groups is 1. The molecule has 0 N–H and O–H groups in total. The number of nitrogens with zero attached hydrogens (tertiary/aromatic N) is 1. The van der Waals surface area contributed by atoms with Crippen molar-refractivity contribution >= 4 is 11.8 Å². The molecule has 0 atom stereocenters. The maximum atomic E-state index is 11.9. The predicted octanol–water partition coefficient (Wildman–Crippen LogP) is 3.44. The summed E-state index contributed by atoms with van der Waals surface area (Å²) in [6, 6.07) is 9.40. The van der Waals surface area contributed by atoms with Gasteiger partial charge < -0.3 is 14.2 Å². The fraction of sp³-hybridized carbons (Fsp3) is 0.562. The molecule has 1 amide bonds. The van der Waals surface area contributed by atoms with Crippen LogP contribution in [0, 0.1) is 0 Å². The number of carbonyl (C=O) groups excluding carboxylic acids is 1. The van der Waals surface area contributed by atoms with E-state index in [1.165, 1.54) is 4.90 Å². The van der Waals surface area contributed by atoms with Crippen LogP contribution >= 0.6 is 0 Å². The van der Waals surface area contributed by atoms with Crippen LogP contribution in [0.5, 0.6) is 0 Å². The Morgan fingerprint density at radius 1 is 1.14 bits per heavy atom. The van der Waals surface area contributed by atoms with E-state index >= 15 is 0 Å². The van der Waals surface area contributed by atoms with E-state index in [4.69, 9.17) is 14.2 Å². The Kier molecular flexibility index (Phi) is 8.47.